The number of hydrogen-bond acceptors (Lipinski definition) is 2. The summed E-state index contributed by atoms with van der Waals surface area (Å²) in [7, 11) is 0. The van der Waals surface area contributed by atoms with E-state index in [0.717, 1.165) is 22.3 Å². The third-order valence-corrected chi connectivity index (χ3v) is 3.69. The summed E-state index contributed by atoms with van der Waals surface area (Å²) in [5.74, 6) is 0.0235. The second-order valence-electron chi connectivity index (χ2n) is 5.33. The lowest BCUT2D eigenvalue weighted by atomic mass is 9.98. The van der Waals surface area contributed by atoms with E-state index >= 15 is 0 Å². The summed E-state index contributed by atoms with van der Waals surface area (Å²) in [6.45, 7) is 0.553. The monoisotopic (exact) mass is 302 g/mol. The lowest BCUT2D eigenvalue weighted by Crippen LogP contribution is -2.24. The van der Waals surface area contributed by atoms with Crippen molar-refractivity contribution in [3.05, 3.63) is 90.3 Å². The highest BCUT2D eigenvalue weighted by molar-refractivity contribution is 5.81. The van der Waals surface area contributed by atoms with E-state index in [-0.39, 0.29) is 5.91 Å². The second kappa shape index (κ2) is 7.36. The van der Waals surface area contributed by atoms with E-state index in [2.05, 4.69) is 10.3 Å². The van der Waals surface area contributed by atoms with Gasteiger partial charge in [0.1, 0.15) is 0 Å². The quantitative estimate of drug-likeness (QED) is 0.782. The minimum Gasteiger partial charge on any atom is -0.352 e. The van der Waals surface area contributed by atoms with Crippen LogP contribution < -0.4 is 5.32 Å². The number of carbonyl (C=O) groups excluding carboxylic acids is 1. The first-order valence-corrected chi connectivity index (χ1v) is 7.62. The Kier molecular flexibility index (Phi) is 4.79. The van der Waals surface area contributed by atoms with Gasteiger partial charge in [-0.3, -0.25) is 9.78 Å². The molecular formula is C20H18N2O. The summed E-state index contributed by atoms with van der Waals surface area (Å²) in [5, 5.41) is 2.97. The Morgan fingerprint density at radius 3 is 2.35 bits per heavy atom. The molecule has 23 heavy (non-hydrogen) atoms. The SMILES string of the molecule is O=C(Cc1ccccc1-c1ccncc1)NCc1ccccc1. The van der Waals surface area contributed by atoms with Crippen molar-refractivity contribution in [2.45, 2.75) is 13.0 Å². The molecule has 1 N–H and O–H groups in total. The summed E-state index contributed by atoms with van der Waals surface area (Å²) in [4.78, 5) is 16.3. The maximum absolute atomic E-state index is 12.2. The Morgan fingerprint density at radius 1 is 0.870 bits per heavy atom. The van der Waals surface area contributed by atoms with Gasteiger partial charge in [0.15, 0.2) is 0 Å². The molecule has 3 aromatic rings. The van der Waals surface area contributed by atoms with E-state index in [4.69, 9.17) is 0 Å². The van der Waals surface area contributed by atoms with Crippen molar-refractivity contribution in [2.75, 3.05) is 0 Å². The molecule has 1 heterocycles. The number of benzene rings is 2. The fourth-order valence-corrected chi connectivity index (χ4v) is 2.52. The largest absolute Gasteiger partial charge is 0.352 e. The summed E-state index contributed by atoms with van der Waals surface area (Å²) in [6, 6.07) is 21.8. The number of nitrogens with zero attached hydrogens (tertiary/aromatic N) is 1. The Balaban J connectivity index is 1.69. The maximum atomic E-state index is 12.2. The third-order valence-electron chi connectivity index (χ3n) is 3.69. The predicted molar refractivity (Wildman–Crippen MR) is 91.7 cm³/mol. The van der Waals surface area contributed by atoms with Crippen LogP contribution in [-0.2, 0) is 17.8 Å². The Bertz CT molecular complexity index is 770. The van der Waals surface area contributed by atoms with Crippen LogP contribution in [0.2, 0.25) is 0 Å². The van der Waals surface area contributed by atoms with Crippen molar-refractivity contribution in [1.82, 2.24) is 10.3 Å². The Morgan fingerprint density at radius 2 is 1.57 bits per heavy atom. The van der Waals surface area contributed by atoms with E-state index in [1.54, 1.807) is 12.4 Å². The third kappa shape index (κ3) is 4.04. The number of carbonyl (C=O) groups is 1. The van der Waals surface area contributed by atoms with Crippen molar-refractivity contribution < 1.29 is 4.79 Å². The number of nitrogens with one attached hydrogen (secondary N) is 1. The first-order chi connectivity index (χ1) is 11.3. The molecule has 0 spiro atoms. The van der Waals surface area contributed by atoms with Gasteiger partial charge in [0.2, 0.25) is 5.91 Å². The minimum absolute atomic E-state index is 0.0235. The summed E-state index contributed by atoms with van der Waals surface area (Å²) in [5.41, 5.74) is 4.27. The van der Waals surface area contributed by atoms with E-state index in [9.17, 15) is 4.79 Å². The van der Waals surface area contributed by atoms with Gasteiger partial charge >= 0.3 is 0 Å². The molecule has 0 aliphatic heterocycles. The molecule has 0 aliphatic rings. The van der Waals surface area contributed by atoms with Crippen LogP contribution in [0.25, 0.3) is 11.1 Å². The lowest BCUT2D eigenvalue weighted by molar-refractivity contribution is -0.120. The van der Waals surface area contributed by atoms with Crippen LogP contribution >= 0.6 is 0 Å². The van der Waals surface area contributed by atoms with Gasteiger partial charge in [-0.15, -0.1) is 0 Å². The van der Waals surface area contributed by atoms with Gasteiger partial charge in [0, 0.05) is 18.9 Å². The summed E-state index contributed by atoms with van der Waals surface area (Å²) in [6.07, 6.45) is 3.90. The van der Waals surface area contributed by atoms with Gasteiger partial charge in [0.05, 0.1) is 6.42 Å². The predicted octanol–water partition coefficient (Wildman–Crippen LogP) is 3.61. The van der Waals surface area contributed by atoms with Crippen LogP contribution in [0.3, 0.4) is 0 Å². The molecule has 2 aromatic carbocycles. The molecule has 1 amide bonds. The number of amides is 1. The highest BCUT2D eigenvalue weighted by atomic mass is 16.1. The number of aromatic nitrogens is 1. The average Bonchev–Trinajstić information content (AvgIpc) is 2.62. The van der Waals surface area contributed by atoms with E-state index in [1.165, 1.54) is 0 Å². The Labute approximate surface area is 136 Å². The molecule has 3 nitrogen and oxygen atoms in total. The molecule has 0 saturated carbocycles. The zero-order valence-corrected chi connectivity index (χ0v) is 12.8. The van der Waals surface area contributed by atoms with Crippen LogP contribution in [-0.4, -0.2) is 10.9 Å². The highest BCUT2D eigenvalue weighted by Crippen LogP contribution is 2.23. The fourth-order valence-electron chi connectivity index (χ4n) is 2.52. The van der Waals surface area contributed by atoms with Crippen molar-refractivity contribution in [2.24, 2.45) is 0 Å². The van der Waals surface area contributed by atoms with Crippen LogP contribution in [0.1, 0.15) is 11.1 Å². The van der Waals surface area contributed by atoms with Crippen LogP contribution in [0.4, 0.5) is 0 Å². The molecule has 3 rings (SSSR count). The zero-order chi connectivity index (χ0) is 15.9. The van der Waals surface area contributed by atoms with Gasteiger partial charge < -0.3 is 5.32 Å². The van der Waals surface area contributed by atoms with Crippen molar-refractivity contribution in [3.63, 3.8) is 0 Å². The van der Waals surface area contributed by atoms with Gasteiger partial charge in [-0.2, -0.15) is 0 Å². The van der Waals surface area contributed by atoms with E-state index in [1.807, 2.05) is 66.7 Å². The van der Waals surface area contributed by atoms with E-state index < -0.39 is 0 Å². The van der Waals surface area contributed by atoms with Crippen LogP contribution in [0.5, 0.6) is 0 Å². The molecular weight excluding hydrogens is 284 g/mol. The van der Waals surface area contributed by atoms with E-state index in [0.29, 0.717) is 13.0 Å². The topological polar surface area (TPSA) is 42.0 Å². The van der Waals surface area contributed by atoms with Crippen molar-refractivity contribution >= 4 is 5.91 Å². The number of rotatable bonds is 5. The summed E-state index contributed by atoms with van der Waals surface area (Å²) < 4.78 is 0. The molecule has 3 heteroatoms. The van der Waals surface area contributed by atoms with Gasteiger partial charge in [-0.05, 0) is 34.4 Å². The molecule has 0 radical (unpaired) electrons. The van der Waals surface area contributed by atoms with Gasteiger partial charge in [-0.25, -0.2) is 0 Å². The van der Waals surface area contributed by atoms with Gasteiger partial charge in [0.25, 0.3) is 0 Å². The number of pyridine rings is 1. The molecule has 0 aliphatic carbocycles. The molecule has 114 valence electrons. The Hall–Kier alpha value is -2.94. The molecule has 0 bridgehead atoms. The second-order valence-corrected chi connectivity index (χ2v) is 5.33. The van der Waals surface area contributed by atoms with Crippen molar-refractivity contribution in [3.8, 4) is 11.1 Å². The minimum atomic E-state index is 0.0235. The number of hydrogen-bond donors (Lipinski definition) is 1. The zero-order valence-electron chi connectivity index (χ0n) is 12.8. The highest BCUT2D eigenvalue weighted by Gasteiger charge is 2.09. The first kappa shape index (κ1) is 15.0. The fraction of sp³-hybridized carbons (Fsp3) is 0.100. The standard InChI is InChI=1S/C20H18N2O/c23-20(22-15-16-6-2-1-3-7-16)14-18-8-4-5-9-19(18)17-10-12-21-13-11-17/h1-13H,14-15H2,(H,22,23). The molecule has 1 aromatic heterocycles. The summed E-state index contributed by atoms with van der Waals surface area (Å²) >= 11 is 0. The lowest BCUT2D eigenvalue weighted by Gasteiger charge is -2.10. The molecule has 0 saturated heterocycles. The molecule has 0 fully saturated rings. The van der Waals surface area contributed by atoms with Gasteiger partial charge in [-0.1, -0.05) is 54.6 Å². The molecule has 0 atom stereocenters. The van der Waals surface area contributed by atoms with Crippen LogP contribution in [0.15, 0.2) is 79.1 Å². The van der Waals surface area contributed by atoms with Crippen molar-refractivity contribution in [1.29, 1.82) is 0 Å². The normalized spacial score (nSPS) is 10.3. The average molecular weight is 302 g/mol. The maximum Gasteiger partial charge on any atom is 0.224 e. The first-order valence-electron chi connectivity index (χ1n) is 7.62. The molecule has 0 unspecified atom stereocenters. The smallest absolute Gasteiger partial charge is 0.224 e. The van der Waals surface area contributed by atoms with Crippen LogP contribution in [0, 0.1) is 0 Å².